The molecule has 1 N–H and O–H groups in total. The monoisotopic (exact) mass is 360 g/mol. The fourth-order valence-corrected chi connectivity index (χ4v) is 6.78. The first-order valence-electron chi connectivity index (χ1n) is 11.0. The number of piperidine rings is 1. The molecular formula is C22H36N2O2. The number of nitrogens with one attached hydrogen (secondary N) is 1. The molecule has 0 spiro atoms. The van der Waals surface area contributed by atoms with Gasteiger partial charge < -0.3 is 10.2 Å². The van der Waals surface area contributed by atoms with Crippen LogP contribution in [-0.4, -0.2) is 35.8 Å². The molecule has 4 saturated carbocycles. The molecule has 5 rings (SSSR count). The lowest BCUT2D eigenvalue weighted by molar-refractivity contribution is -0.151. The van der Waals surface area contributed by atoms with E-state index in [1.54, 1.807) is 0 Å². The summed E-state index contributed by atoms with van der Waals surface area (Å²) >= 11 is 0. The molecule has 0 radical (unpaired) electrons. The summed E-state index contributed by atoms with van der Waals surface area (Å²) in [5.41, 5.74) is -0.169. The molecular weight excluding hydrogens is 324 g/mol. The fraction of sp³-hybridized carbons (Fsp3) is 0.909. The number of hydrogen-bond donors (Lipinski definition) is 1. The van der Waals surface area contributed by atoms with Crippen molar-refractivity contribution < 1.29 is 9.59 Å². The van der Waals surface area contributed by atoms with Crippen molar-refractivity contribution >= 4 is 11.8 Å². The molecule has 146 valence electrons. The molecule has 5 fully saturated rings. The molecule has 5 aliphatic rings. The Morgan fingerprint density at radius 3 is 2.12 bits per heavy atom. The molecule has 0 aromatic heterocycles. The Bertz CT molecular complexity index is 535. The van der Waals surface area contributed by atoms with E-state index in [0.717, 1.165) is 56.5 Å². The molecule has 2 amide bonds. The van der Waals surface area contributed by atoms with Gasteiger partial charge in [-0.15, -0.1) is 0 Å². The van der Waals surface area contributed by atoms with E-state index in [0.29, 0.717) is 5.92 Å². The van der Waals surface area contributed by atoms with Crippen LogP contribution in [-0.2, 0) is 9.59 Å². The van der Waals surface area contributed by atoms with Crippen LogP contribution >= 0.6 is 0 Å². The standard InChI is InChI=1S/C22H36N2O2/c1-14(2)19(20(25)24-6-4-5-15(3)13-24)23-21(26)22-10-16-7-17(11-22)9-18(8-16)12-22/h14-19H,4-13H2,1-3H3,(H,23,26)/t15-,16?,17?,18?,19+,22?/m0/s1. The van der Waals surface area contributed by atoms with Crippen molar-refractivity contribution in [2.75, 3.05) is 13.1 Å². The third-order valence-electron chi connectivity index (χ3n) is 7.71. The van der Waals surface area contributed by atoms with Crippen LogP contribution in [0.5, 0.6) is 0 Å². The van der Waals surface area contributed by atoms with Gasteiger partial charge in [0.2, 0.25) is 11.8 Å². The van der Waals surface area contributed by atoms with Gasteiger partial charge in [0.1, 0.15) is 6.04 Å². The van der Waals surface area contributed by atoms with Crippen LogP contribution < -0.4 is 5.32 Å². The number of amides is 2. The Morgan fingerprint density at radius 1 is 1.04 bits per heavy atom. The minimum absolute atomic E-state index is 0.137. The second-order valence-electron chi connectivity index (χ2n) is 10.4. The summed E-state index contributed by atoms with van der Waals surface area (Å²) in [5.74, 6) is 3.30. The van der Waals surface area contributed by atoms with E-state index in [1.165, 1.54) is 25.7 Å². The van der Waals surface area contributed by atoms with Crippen molar-refractivity contribution in [1.82, 2.24) is 10.2 Å². The van der Waals surface area contributed by atoms with Gasteiger partial charge in [0.25, 0.3) is 0 Å². The second-order valence-corrected chi connectivity index (χ2v) is 10.4. The SMILES string of the molecule is CC(C)[C@@H](NC(=O)C12CC3CC(CC(C3)C1)C2)C(=O)N1CCC[C@H](C)C1. The molecule has 2 atom stereocenters. The lowest BCUT2D eigenvalue weighted by atomic mass is 9.49. The lowest BCUT2D eigenvalue weighted by Gasteiger charge is -2.56. The molecule has 4 bridgehead atoms. The van der Waals surface area contributed by atoms with Crippen molar-refractivity contribution in [2.45, 2.75) is 78.2 Å². The Kier molecular flexibility index (Phi) is 4.81. The molecule has 0 aromatic carbocycles. The number of hydrogen-bond acceptors (Lipinski definition) is 2. The van der Waals surface area contributed by atoms with E-state index in [9.17, 15) is 9.59 Å². The van der Waals surface area contributed by atoms with Crippen LogP contribution in [0.4, 0.5) is 0 Å². The van der Waals surface area contributed by atoms with Crippen molar-refractivity contribution in [3.05, 3.63) is 0 Å². The van der Waals surface area contributed by atoms with Crippen LogP contribution in [0.2, 0.25) is 0 Å². The van der Waals surface area contributed by atoms with Crippen LogP contribution in [0.3, 0.4) is 0 Å². The summed E-state index contributed by atoms with van der Waals surface area (Å²) < 4.78 is 0. The molecule has 4 aliphatic carbocycles. The zero-order chi connectivity index (χ0) is 18.5. The van der Waals surface area contributed by atoms with Gasteiger partial charge >= 0.3 is 0 Å². The van der Waals surface area contributed by atoms with Crippen molar-refractivity contribution in [2.24, 2.45) is 35.0 Å². The van der Waals surface area contributed by atoms with Crippen molar-refractivity contribution in [3.8, 4) is 0 Å². The Balaban J connectivity index is 1.46. The number of rotatable bonds is 4. The summed E-state index contributed by atoms with van der Waals surface area (Å²) in [6.07, 6.45) is 9.48. The summed E-state index contributed by atoms with van der Waals surface area (Å²) in [4.78, 5) is 28.5. The smallest absolute Gasteiger partial charge is 0.245 e. The second kappa shape index (κ2) is 6.83. The average molecular weight is 361 g/mol. The molecule has 26 heavy (non-hydrogen) atoms. The van der Waals surface area contributed by atoms with E-state index in [1.807, 2.05) is 4.90 Å². The number of carbonyl (C=O) groups is 2. The molecule has 1 heterocycles. The molecule has 1 saturated heterocycles. The van der Waals surface area contributed by atoms with Gasteiger partial charge in [-0.2, -0.15) is 0 Å². The maximum Gasteiger partial charge on any atom is 0.245 e. The first kappa shape index (κ1) is 18.3. The predicted molar refractivity (Wildman–Crippen MR) is 102 cm³/mol. The topological polar surface area (TPSA) is 49.4 Å². The normalized spacial score (nSPS) is 39.9. The maximum absolute atomic E-state index is 13.4. The minimum Gasteiger partial charge on any atom is -0.344 e. The average Bonchev–Trinajstić information content (AvgIpc) is 2.57. The van der Waals surface area contributed by atoms with Crippen LogP contribution in [0.1, 0.15) is 72.1 Å². The zero-order valence-corrected chi connectivity index (χ0v) is 16.8. The van der Waals surface area contributed by atoms with Crippen molar-refractivity contribution in [1.29, 1.82) is 0 Å². The highest BCUT2D eigenvalue weighted by Crippen LogP contribution is 2.60. The van der Waals surface area contributed by atoms with Gasteiger partial charge in [-0.1, -0.05) is 20.8 Å². The lowest BCUT2D eigenvalue weighted by Crippen LogP contribution is -2.59. The Labute approximate surface area is 158 Å². The minimum atomic E-state index is -0.360. The first-order chi connectivity index (χ1) is 12.4. The number of nitrogens with zero attached hydrogens (tertiary/aromatic N) is 1. The highest BCUT2D eigenvalue weighted by Gasteiger charge is 2.55. The summed E-state index contributed by atoms with van der Waals surface area (Å²) in [6, 6.07) is -0.360. The Morgan fingerprint density at radius 2 is 1.62 bits per heavy atom. The van der Waals surface area contributed by atoms with Crippen LogP contribution in [0, 0.1) is 35.0 Å². The third-order valence-corrected chi connectivity index (χ3v) is 7.71. The zero-order valence-electron chi connectivity index (χ0n) is 16.8. The van der Waals surface area contributed by atoms with E-state index in [2.05, 4.69) is 26.1 Å². The number of carbonyl (C=O) groups excluding carboxylic acids is 2. The van der Waals surface area contributed by atoms with Gasteiger partial charge in [-0.05, 0) is 81.0 Å². The summed E-state index contributed by atoms with van der Waals surface area (Å²) in [7, 11) is 0. The quantitative estimate of drug-likeness (QED) is 0.833. The first-order valence-corrected chi connectivity index (χ1v) is 11.0. The third kappa shape index (κ3) is 3.29. The maximum atomic E-state index is 13.4. The largest absolute Gasteiger partial charge is 0.344 e. The molecule has 0 unspecified atom stereocenters. The van der Waals surface area contributed by atoms with E-state index in [-0.39, 0.29) is 29.2 Å². The van der Waals surface area contributed by atoms with Gasteiger partial charge in [-0.25, -0.2) is 0 Å². The number of likely N-dealkylation sites (tertiary alicyclic amines) is 1. The van der Waals surface area contributed by atoms with Crippen LogP contribution in [0.25, 0.3) is 0 Å². The molecule has 4 heteroatoms. The van der Waals surface area contributed by atoms with Crippen LogP contribution in [0.15, 0.2) is 0 Å². The molecule has 4 nitrogen and oxygen atoms in total. The van der Waals surface area contributed by atoms with Gasteiger partial charge in [0.15, 0.2) is 0 Å². The molecule has 0 aromatic rings. The summed E-state index contributed by atoms with van der Waals surface area (Å²) in [5, 5.41) is 3.26. The van der Waals surface area contributed by atoms with E-state index in [4.69, 9.17) is 0 Å². The highest BCUT2D eigenvalue weighted by atomic mass is 16.2. The highest BCUT2D eigenvalue weighted by molar-refractivity contribution is 5.90. The van der Waals surface area contributed by atoms with E-state index < -0.39 is 0 Å². The molecule has 1 aliphatic heterocycles. The predicted octanol–water partition coefficient (Wildman–Crippen LogP) is 3.60. The summed E-state index contributed by atoms with van der Waals surface area (Å²) in [6.45, 7) is 8.04. The van der Waals surface area contributed by atoms with Gasteiger partial charge in [0, 0.05) is 18.5 Å². The van der Waals surface area contributed by atoms with Crippen molar-refractivity contribution in [3.63, 3.8) is 0 Å². The van der Waals surface area contributed by atoms with Gasteiger partial charge in [-0.3, -0.25) is 9.59 Å². The van der Waals surface area contributed by atoms with E-state index >= 15 is 0 Å². The Hall–Kier alpha value is -1.06. The van der Waals surface area contributed by atoms with Gasteiger partial charge in [0.05, 0.1) is 0 Å². The fourth-order valence-electron chi connectivity index (χ4n) is 6.78.